The molecule has 1 fully saturated rings. The number of carbonyl (C=O) groups excluding carboxylic acids is 1. The van der Waals surface area contributed by atoms with Crippen molar-refractivity contribution in [3.8, 4) is 0 Å². The van der Waals surface area contributed by atoms with Crippen LogP contribution in [0.5, 0.6) is 0 Å². The fourth-order valence-electron chi connectivity index (χ4n) is 3.01. The van der Waals surface area contributed by atoms with Gasteiger partial charge in [0.1, 0.15) is 0 Å². The molecule has 1 aromatic heterocycles. The number of carbonyl (C=O) groups is 1. The first-order valence-corrected chi connectivity index (χ1v) is 10.4. The zero-order valence-electron chi connectivity index (χ0n) is 14.9. The standard InChI is InChI=1S/C18H24N4OS2/c1-4-14-9-7-8-12(2)15(14)19-17-20-21-18(25-17)24-13(3)16(23)22-10-5-6-11-22/h7-9,13H,4-6,10-11H2,1-3H3,(H,19,20). The van der Waals surface area contributed by atoms with Gasteiger partial charge in [0.05, 0.1) is 5.25 Å². The second-order valence-electron chi connectivity index (χ2n) is 6.25. The Balaban J connectivity index is 1.65. The minimum atomic E-state index is -0.122. The molecular weight excluding hydrogens is 352 g/mol. The molecule has 1 N–H and O–H groups in total. The number of hydrogen-bond acceptors (Lipinski definition) is 6. The average Bonchev–Trinajstić information content (AvgIpc) is 3.28. The molecule has 1 amide bonds. The number of anilines is 2. The Kier molecular flexibility index (Phi) is 5.96. The molecule has 2 aromatic rings. The van der Waals surface area contributed by atoms with E-state index in [1.807, 2.05) is 11.8 Å². The van der Waals surface area contributed by atoms with Crippen molar-refractivity contribution >= 4 is 39.8 Å². The number of likely N-dealkylation sites (tertiary alicyclic amines) is 1. The van der Waals surface area contributed by atoms with Crippen LogP contribution < -0.4 is 5.32 Å². The van der Waals surface area contributed by atoms with Gasteiger partial charge in [-0.2, -0.15) is 0 Å². The summed E-state index contributed by atoms with van der Waals surface area (Å²) in [5.41, 5.74) is 3.57. The molecular formula is C18H24N4OS2. The Morgan fingerprint density at radius 1 is 1.36 bits per heavy atom. The first-order valence-electron chi connectivity index (χ1n) is 8.73. The van der Waals surface area contributed by atoms with Gasteiger partial charge in [-0.1, -0.05) is 48.2 Å². The van der Waals surface area contributed by atoms with Crippen molar-refractivity contribution in [2.24, 2.45) is 0 Å². The molecule has 0 saturated carbocycles. The number of nitrogens with zero attached hydrogens (tertiary/aromatic N) is 3. The third-order valence-electron chi connectivity index (χ3n) is 4.42. The van der Waals surface area contributed by atoms with E-state index < -0.39 is 0 Å². The molecule has 1 atom stereocenters. The van der Waals surface area contributed by atoms with E-state index in [0.717, 1.165) is 47.5 Å². The number of nitrogens with one attached hydrogen (secondary N) is 1. The van der Waals surface area contributed by atoms with Crippen molar-refractivity contribution in [3.05, 3.63) is 29.3 Å². The Morgan fingerprint density at radius 2 is 2.12 bits per heavy atom. The number of rotatable bonds is 6. The van der Waals surface area contributed by atoms with Crippen LogP contribution in [-0.4, -0.2) is 39.3 Å². The van der Waals surface area contributed by atoms with Gasteiger partial charge in [-0.05, 0) is 44.2 Å². The van der Waals surface area contributed by atoms with Crippen molar-refractivity contribution in [2.75, 3.05) is 18.4 Å². The number of para-hydroxylation sites is 1. The predicted molar refractivity (Wildman–Crippen MR) is 105 cm³/mol. The van der Waals surface area contributed by atoms with Gasteiger partial charge in [-0.3, -0.25) is 4.79 Å². The summed E-state index contributed by atoms with van der Waals surface area (Å²) >= 11 is 3.00. The van der Waals surface area contributed by atoms with Gasteiger partial charge in [-0.15, -0.1) is 10.2 Å². The molecule has 1 saturated heterocycles. The average molecular weight is 377 g/mol. The lowest BCUT2D eigenvalue weighted by Crippen LogP contribution is -2.33. The zero-order chi connectivity index (χ0) is 17.8. The Bertz CT molecular complexity index is 740. The molecule has 3 rings (SSSR count). The molecule has 2 heterocycles. The van der Waals surface area contributed by atoms with E-state index in [1.165, 1.54) is 34.2 Å². The van der Waals surface area contributed by atoms with E-state index in [1.54, 1.807) is 0 Å². The maximum Gasteiger partial charge on any atom is 0.235 e. The van der Waals surface area contributed by atoms with Crippen LogP contribution in [0, 0.1) is 6.92 Å². The molecule has 134 valence electrons. The van der Waals surface area contributed by atoms with Gasteiger partial charge in [-0.25, -0.2) is 0 Å². The molecule has 7 heteroatoms. The van der Waals surface area contributed by atoms with Crippen LogP contribution in [0.2, 0.25) is 0 Å². The summed E-state index contributed by atoms with van der Waals surface area (Å²) in [6.07, 6.45) is 3.20. The Morgan fingerprint density at radius 3 is 2.84 bits per heavy atom. The quantitative estimate of drug-likeness (QED) is 0.764. The highest BCUT2D eigenvalue weighted by Crippen LogP contribution is 2.33. The van der Waals surface area contributed by atoms with Crippen LogP contribution in [0.3, 0.4) is 0 Å². The topological polar surface area (TPSA) is 58.1 Å². The number of aromatic nitrogens is 2. The van der Waals surface area contributed by atoms with Gasteiger partial charge >= 0.3 is 0 Å². The number of benzene rings is 1. The summed E-state index contributed by atoms with van der Waals surface area (Å²) in [5.74, 6) is 0.208. The van der Waals surface area contributed by atoms with Crippen molar-refractivity contribution in [1.29, 1.82) is 0 Å². The van der Waals surface area contributed by atoms with Crippen molar-refractivity contribution in [3.63, 3.8) is 0 Å². The molecule has 1 aliphatic rings. The molecule has 25 heavy (non-hydrogen) atoms. The highest BCUT2D eigenvalue weighted by molar-refractivity contribution is 8.02. The number of hydrogen-bond donors (Lipinski definition) is 1. The molecule has 1 unspecified atom stereocenters. The van der Waals surface area contributed by atoms with E-state index in [2.05, 4.69) is 47.6 Å². The van der Waals surface area contributed by atoms with E-state index in [9.17, 15) is 4.79 Å². The van der Waals surface area contributed by atoms with E-state index in [0.29, 0.717) is 0 Å². The largest absolute Gasteiger partial charge is 0.342 e. The Hall–Kier alpha value is -1.60. The fraction of sp³-hybridized carbons (Fsp3) is 0.500. The summed E-state index contributed by atoms with van der Waals surface area (Å²) in [7, 11) is 0. The lowest BCUT2D eigenvalue weighted by molar-refractivity contribution is -0.129. The first kappa shape index (κ1) is 18.2. The zero-order valence-corrected chi connectivity index (χ0v) is 16.5. The third kappa shape index (κ3) is 4.33. The maximum absolute atomic E-state index is 12.4. The van der Waals surface area contributed by atoms with Gasteiger partial charge in [0.25, 0.3) is 0 Å². The van der Waals surface area contributed by atoms with Crippen LogP contribution in [0.4, 0.5) is 10.8 Å². The van der Waals surface area contributed by atoms with E-state index >= 15 is 0 Å². The first-order chi connectivity index (χ1) is 12.1. The number of aryl methyl sites for hydroxylation is 2. The molecule has 1 aromatic carbocycles. The van der Waals surface area contributed by atoms with Gasteiger partial charge in [0.2, 0.25) is 11.0 Å². The number of amides is 1. The SMILES string of the molecule is CCc1cccc(C)c1Nc1nnc(SC(C)C(=O)N2CCCC2)s1. The predicted octanol–water partition coefficient (Wildman–Crippen LogP) is 4.26. The van der Waals surface area contributed by atoms with Gasteiger partial charge in [0.15, 0.2) is 4.34 Å². The minimum Gasteiger partial charge on any atom is -0.342 e. The van der Waals surface area contributed by atoms with Crippen molar-refractivity contribution in [1.82, 2.24) is 15.1 Å². The van der Waals surface area contributed by atoms with Crippen LogP contribution in [0.15, 0.2) is 22.5 Å². The second kappa shape index (κ2) is 8.19. The monoisotopic (exact) mass is 376 g/mol. The summed E-state index contributed by atoms with van der Waals surface area (Å²) in [6.45, 7) is 7.97. The smallest absolute Gasteiger partial charge is 0.235 e. The normalized spacial score (nSPS) is 15.4. The Labute approximate surface area is 157 Å². The summed E-state index contributed by atoms with van der Waals surface area (Å²) in [6, 6.07) is 6.30. The van der Waals surface area contributed by atoms with Crippen LogP contribution in [-0.2, 0) is 11.2 Å². The fourth-order valence-corrected chi connectivity index (χ4v) is 5.00. The van der Waals surface area contributed by atoms with Crippen LogP contribution in [0.1, 0.15) is 37.8 Å². The van der Waals surface area contributed by atoms with Crippen molar-refractivity contribution in [2.45, 2.75) is 49.6 Å². The lowest BCUT2D eigenvalue weighted by atomic mass is 10.1. The maximum atomic E-state index is 12.4. The summed E-state index contributed by atoms with van der Waals surface area (Å²) in [5, 5.41) is 12.5. The van der Waals surface area contributed by atoms with Crippen molar-refractivity contribution < 1.29 is 4.79 Å². The highest BCUT2D eigenvalue weighted by atomic mass is 32.2. The van der Waals surface area contributed by atoms with E-state index in [-0.39, 0.29) is 11.2 Å². The molecule has 1 aliphatic heterocycles. The molecule has 0 aliphatic carbocycles. The van der Waals surface area contributed by atoms with Gasteiger partial charge in [0, 0.05) is 18.8 Å². The highest BCUT2D eigenvalue weighted by Gasteiger charge is 2.25. The second-order valence-corrected chi connectivity index (χ2v) is 8.82. The van der Waals surface area contributed by atoms with Gasteiger partial charge < -0.3 is 10.2 Å². The summed E-state index contributed by atoms with van der Waals surface area (Å²) < 4.78 is 0.828. The van der Waals surface area contributed by atoms with E-state index in [4.69, 9.17) is 0 Å². The molecule has 0 radical (unpaired) electrons. The summed E-state index contributed by atoms with van der Waals surface area (Å²) in [4.78, 5) is 14.4. The molecule has 0 spiro atoms. The van der Waals surface area contributed by atoms with Crippen LogP contribution in [0.25, 0.3) is 0 Å². The minimum absolute atomic E-state index is 0.122. The third-order valence-corrected chi connectivity index (χ3v) is 6.43. The molecule has 5 nitrogen and oxygen atoms in total. The lowest BCUT2D eigenvalue weighted by Gasteiger charge is -2.18. The number of thioether (sulfide) groups is 1. The molecule has 0 bridgehead atoms. The van der Waals surface area contributed by atoms with Crippen LogP contribution >= 0.6 is 23.1 Å².